The molecule has 2 aromatic rings. The van der Waals surface area contributed by atoms with Crippen LogP contribution in [0.5, 0.6) is 6.08 Å². The Morgan fingerprint density at radius 3 is 2.61 bits per heavy atom. The molecule has 0 aliphatic heterocycles. The van der Waals surface area contributed by atoms with Gasteiger partial charge in [0.2, 0.25) is 0 Å². The number of rotatable bonds is 6. The minimum absolute atomic E-state index is 0.0789. The first-order chi connectivity index (χ1) is 14.3. The number of carbonyl (C=O) groups is 1. The molecule has 1 saturated carbocycles. The molecule has 1 fully saturated rings. The highest BCUT2D eigenvalue weighted by Gasteiger charge is 2.36. The third kappa shape index (κ3) is 5.77. The van der Waals surface area contributed by atoms with Crippen molar-refractivity contribution >= 4 is 20.2 Å². The normalized spacial score (nSPS) is 19.8. The molecular weight excluding hydrogens is 412 g/mol. The standard InChI is InChI=1S/C22H36N4O4Si/c1-14(2)31(7,8)30-17-10-9-16(11-17)18-12-19(26(25-18)22(4,5)6)24-20(27)29-21-23-13-15(3)28-21/h12-14,16-17H,9-11H2,1-8H3,(H,24,27)/t16-,17+/m0/s1. The van der Waals surface area contributed by atoms with Crippen LogP contribution in [0, 0.1) is 6.92 Å². The lowest BCUT2D eigenvalue weighted by Gasteiger charge is -2.30. The minimum Gasteiger partial charge on any atom is -0.414 e. The number of anilines is 1. The average molecular weight is 449 g/mol. The second-order valence-electron chi connectivity index (χ2n) is 10.3. The lowest BCUT2D eigenvalue weighted by Crippen LogP contribution is -2.37. The van der Waals surface area contributed by atoms with E-state index in [9.17, 15) is 4.79 Å². The van der Waals surface area contributed by atoms with Crippen molar-refractivity contribution in [2.75, 3.05) is 5.32 Å². The van der Waals surface area contributed by atoms with Crippen LogP contribution in [-0.2, 0) is 9.96 Å². The van der Waals surface area contributed by atoms with Gasteiger partial charge in [-0.05, 0) is 65.6 Å². The Morgan fingerprint density at radius 1 is 1.32 bits per heavy atom. The minimum atomic E-state index is -1.68. The molecule has 8 nitrogen and oxygen atoms in total. The van der Waals surface area contributed by atoms with Gasteiger partial charge in [-0.3, -0.25) is 5.32 Å². The van der Waals surface area contributed by atoms with Crippen molar-refractivity contribution in [1.29, 1.82) is 0 Å². The van der Waals surface area contributed by atoms with Crippen LogP contribution in [0.3, 0.4) is 0 Å². The quantitative estimate of drug-likeness (QED) is 0.560. The molecule has 172 valence electrons. The van der Waals surface area contributed by atoms with Crippen LogP contribution in [0.2, 0.25) is 18.6 Å². The molecule has 0 spiro atoms. The Hall–Kier alpha value is -2.13. The van der Waals surface area contributed by atoms with E-state index in [2.05, 4.69) is 58.0 Å². The lowest BCUT2D eigenvalue weighted by molar-refractivity contribution is 0.193. The lowest BCUT2D eigenvalue weighted by atomic mass is 10.0. The van der Waals surface area contributed by atoms with Gasteiger partial charge in [0, 0.05) is 18.1 Å². The van der Waals surface area contributed by atoms with Gasteiger partial charge in [-0.2, -0.15) is 10.1 Å². The number of hydrogen-bond donors (Lipinski definition) is 1. The van der Waals surface area contributed by atoms with Gasteiger partial charge in [-0.1, -0.05) is 13.8 Å². The summed E-state index contributed by atoms with van der Waals surface area (Å²) in [6, 6.07) is 1.95. The third-order valence-corrected chi connectivity index (χ3v) is 9.76. The van der Waals surface area contributed by atoms with Crippen LogP contribution in [0.1, 0.15) is 71.3 Å². The van der Waals surface area contributed by atoms with Gasteiger partial charge in [-0.25, -0.2) is 9.48 Å². The molecular formula is C22H36N4O4Si. The monoisotopic (exact) mass is 448 g/mol. The number of aromatic nitrogens is 3. The Morgan fingerprint density at radius 2 is 2.03 bits per heavy atom. The van der Waals surface area contributed by atoms with E-state index in [1.54, 1.807) is 6.92 Å². The maximum Gasteiger partial charge on any atom is 0.421 e. The summed E-state index contributed by atoms with van der Waals surface area (Å²) >= 11 is 0. The van der Waals surface area contributed by atoms with Crippen LogP contribution in [0.15, 0.2) is 16.7 Å². The number of carbonyl (C=O) groups excluding carboxylic acids is 1. The summed E-state index contributed by atoms with van der Waals surface area (Å²) in [5, 5.41) is 7.65. The smallest absolute Gasteiger partial charge is 0.414 e. The van der Waals surface area contributed by atoms with Crippen molar-refractivity contribution in [3.63, 3.8) is 0 Å². The number of nitrogens with zero attached hydrogens (tertiary/aromatic N) is 3. The largest absolute Gasteiger partial charge is 0.421 e. The first-order valence-corrected chi connectivity index (χ1v) is 14.0. The third-order valence-electron chi connectivity index (χ3n) is 6.04. The van der Waals surface area contributed by atoms with Crippen LogP contribution < -0.4 is 10.1 Å². The second kappa shape index (κ2) is 8.78. The molecule has 0 saturated heterocycles. The highest BCUT2D eigenvalue weighted by Crippen LogP contribution is 2.39. The van der Waals surface area contributed by atoms with Crippen molar-refractivity contribution < 1.29 is 18.4 Å². The number of hydrogen-bond acceptors (Lipinski definition) is 6. The van der Waals surface area contributed by atoms with Crippen LogP contribution in [0.4, 0.5) is 10.6 Å². The maximum absolute atomic E-state index is 12.4. The molecule has 0 aromatic carbocycles. The average Bonchev–Trinajstić information content (AvgIpc) is 3.34. The van der Waals surface area contributed by atoms with E-state index in [-0.39, 0.29) is 17.7 Å². The molecule has 9 heteroatoms. The summed E-state index contributed by atoms with van der Waals surface area (Å²) in [6.45, 7) is 17.0. The molecule has 31 heavy (non-hydrogen) atoms. The Bertz CT molecular complexity index is 913. The highest BCUT2D eigenvalue weighted by molar-refractivity contribution is 6.72. The van der Waals surface area contributed by atoms with Crippen molar-refractivity contribution in [2.24, 2.45) is 0 Å². The maximum atomic E-state index is 12.4. The predicted molar refractivity (Wildman–Crippen MR) is 122 cm³/mol. The van der Waals surface area contributed by atoms with Crippen molar-refractivity contribution in [1.82, 2.24) is 14.8 Å². The fraction of sp³-hybridized carbons (Fsp3) is 0.682. The molecule has 1 aliphatic carbocycles. The molecule has 1 aliphatic rings. The van der Waals surface area contributed by atoms with Gasteiger partial charge in [0.25, 0.3) is 0 Å². The number of oxazole rings is 1. The van der Waals surface area contributed by atoms with E-state index in [1.165, 1.54) is 6.20 Å². The van der Waals surface area contributed by atoms with Crippen LogP contribution >= 0.6 is 0 Å². The highest BCUT2D eigenvalue weighted by atomic mass is 28.4. The first-order valence-electron chi connectivity index (χ1n) is 11.0. The van der Waals surface area contributed by atoms with Gasteiger partial charge in [-0.15, -0.1) is 0 Å². The topological polar surface area (TPSA) is 91.4 Å². The van der Waals surface area contributed by atoms with Gasteiger partial charge < -0.3 is 13.6 Å². The number of aryl methyl sites for hydroxylation is 1. The van der Waals surface area contributed by atoms with Gasteiger partial charge in [0.05, 0.1) is 17.4 Å². The molecule has 3 rings (SSSR count). The summed E-state index contributed by atoms with van der Waals surface area (Å²) < 4.78 is 18.8. The number of amides is 1. The van der Waals surface area contributed by atoms with Gasteiger partial charge >= 0.3 is 12.2 Å². The van der Waals surface area contributed by atoms with E-state index in [0.29, 0.717) is 23.0 Å². The Labute approximate surface area is 185 Å². The Balaban J connectivity index is 1.72. The molecule has 2 atom stereocenters. The van der Waals surface area contributed by atoms with Crippen LogP contribution in [0.25, 0.3) is 0 Å². The van der Waals surface area contributed by atoms with E-state index < -0.39 is 14.4 Å². The summed E-state index contributed by atoms with van der Waals surface area (Å²) in [5.74, 6) is 1.49. The summed E-state index contributed by atoms with van der Waals surface area (Å²) in [7, 11) is -1.68. The molecule has 0 radical (unpaired) electrons. The zero-order valence-corrected chi connectivity index (χ0v) is 21.0. The fourth-order valence-electron chi connectivity index (χ4n) is 3.67. The molecule has 0 unspecified atom stereocenters. The van der Waals surface area contributed by atoms with Crippen molar-refractivity contribution in [2.45, 2.75) is 97.0 Å². The van der Waals surface area contributed by atoms with E-state index in [1.807, 2.05) is 10.7 Å². The number of nitrogens with one attached hydrogen (secondary N) is 1. The zero-order valence-electron chi connectivity index (χ0n) is 20.0. The second-order valence-corrected chi connectivity index (χ2v) is 14.9. The molecule has 2 heterocycles. The first kappa shape index (κ1) is 23.5. The number of ether oxygens (including phenoxy) is 1. The van der Waals surface area contributed by atoms with Gasteiger partial charge in [0.15, 0.2) is 8.32 Å². The van der Waals surface area contributed by atoms with Crippen LogP contribution in [-0.4, -0.2) is 35.3 Å². The predicted octanol–water partition coefficient (Wildman–Crippen LogP) is 5.81. The zero-order chi connectivity index (χ0) is 23.0. The summed E-state index contributed by atoms with van der Waals surface area (Å²) in [6.07, 6.45) is 4.09. The summed E-state index contributed by atoms with van der Waals surface area (Å²) in [5.41, 5.74) is 1.26. The van der Waals surface area contributed by atoms with E-state index in [4.69, 9.17) is 18.7 Å². The molecule has 1 N–H and O–H groups in total. The van der Waals surface area contributed by atoms with Crippen molar-refractivity contribution in [3.05, 3.63) is 23.7 Å². The van der Waals surface area contributed by atoms with E-state index in [0.717, 1.165) is 25.0 Å². The Kier molecular flexibility index (Phi) is 6.66. The van der Waals surface area contributed by atoms with Crippen molar-refractivity contribution in [3.8, 4) is 6.08 Å². The summed E-state index contributed by atoms with van der Waals surface area (Å²) in [4.78, 5) is 16.3. The fourth-order valence-corrected chi connectivity index (χ4v) is 5.02. The van der Waals surface area contributed by atoms with E-state index >= 15 is 0 Å². The SMILES string of the molecule is Cc1cnc(OC(=O)Nc2cc([C@H]3CC[C@@H](O[Si](C)(C)C(C)C)C3)nn2C(C)(C)C)o1. The molecule has 2 aromatic heterocycles. The molecule has 1 amide bonds. The van der Waals surface area contributed by atoms with Gasteiger partial charge in [0.1, 0.15) is 11.6 Å². The molecule has 0 bridgehead atoms.